The van der Waals surface area contributed by atoms with Gasteiger partial charge in [0.25, 0.3) is 5.91 Å². The molecule has 1 saturated carbocycles. The van der Waals surface area contributed by atoms with Crippen molar-refractivity contribution in [3.63, 3.8) is 0 Å². The van der Waals surface area contributed by atoms with Gasteiger partial charge in [0.2, 0.25) is 5.01 Å². The first-order chi connectivity index (χ1) is 14.6. The molecule has 0 saturated heterocycles. The first kappa shape index (κ1) is 22.8. The number of hydrogen-bond acceptors (Lipinski definition) is 6. The maximum atomic E-state index is 12.4. The third-order valence-corrected chi connectivity index (χ3v) is 6.97. The summed E-state index contributed by atoms with van der Waals surface area (Å²) in [5, 5.41) is 16.3. The molecule has 2 N–H and O–H groups in total. The van der Waals surface area contributed by atoms with E-state index in [1.165, 1.54) is 42.6 Å². The largest absolute Gasteiger partial charge is 0.346 e. The molecule has 0 aliphatic heterocycles. The minimum Gasteiger partial charge on any atom is -0.346 e. The standard InChI is InChI=1S/C23H35N5OS/c1-4-28(5-2)16-19-8-6-7-9-20(19)24-15-21-26-27-23(30-21)22(29)25-14-18-12-10-17(3)11-13-18/h10-13,19-20,24H,4-9,14-16H2,1-3H3,(H,25,29)/t19-,20+/m1/s1. The maximum Gasteiger partial charge on any atom is 0.282 e. The number of nitrogens with one attached hydrogen (secondary N) is 2. The molecule has 1 aliphatic carbocycles. The Morgan fingerprint density at radius 1 is 1.10 bits per heavy atom. The van der Waals surface area contributed by atoms with Crippen molar-refractivity contribution in [2.24, 2.45) is 5.92 Å². The molecular formula is C23H35N5OS. The Labute approximate surface area is 184 Å². The number of amides is 1. The lowest BCUT2D eigenvalue weighted by atomic mass is 9.84. The van der Waals surface area contributed by atoms with Gasteiger partial charge in [0.1, 0.15) is 5.01 Å². The van der Waals surface area contributed by atoms with Crippen LogP contribution in [0, 0.1) is 12.8 Å². The van der Waals surface area contributed by atoms with E-state index in [0.29, 0.717) is 30.1 Å². The van der Waals surface area contributed by atoms with E-state index in [4.69, 9.17) is 0 Å². The molecule has 1 aliphatic rings. The predicted molar refractivity (Wildman–Crippen MR) is 123 cm³/mol. The average Bonchev–Trinajstić information content (AvgIpc) is 3.25. The molecule has 3 rings (SSSR count). The fraction of sp³-hybridized carbons (Fsp3) is 0.609. The summed E-state index contributed by atoms with van der Waals surface area (Å²) in [6.07, 6.45) is 5.12. The zero-order valence-corrected chi connectivity index (χ0v) is 19.3. The lowest BCUT2D eigenvalue weighted by Gasteiger charge is -2.35. The minimum atomic E-state index is -0.156. The van der Waals surface area contributed by atoms with Crippen LogP contribution < -0.4 is 10.6 Å². The van der Waals surface area contributed by atoms with Crippen LogP contribution >= 0.6 is 11.3 Å². The van der Waals surface area contributed by atoms with Gasteiger partial charge in [-0.2, -0.15) is 0 Å². The highest BCUT2D eigenvalue weighted by Crippen LogP contribution is 2.26. The normalized spacial score (nSPS) is 19.2. The Balaban J connectivity index is 1.49. The van der Waals surface area contributed by atoms with Gasteiger partial charge in [-0.3, -0.25) is 4.79 Å². The molecule has 2 atom stereocenters. The summed E-state index contributed by atoms with van der Waals surface area (Å²) in [5.74, 6) is 0.528. The second kappa shape index (κ2) is 11.5. The summed E-state index contributed by atoms with van der Waals surface area (Å²) in [7, 11) is 0. The molecule has 1 amide bonds. The first-order valence-electron chi connectivity index (χ1n) is 11.2. The fourth-order valence-electron chi connectivity index (χ4n) is 4.11. The van der Waals surface area contributed by atoms with E-state index in [0.717, 1.165) is 30.2 Å². The van der Waals surface area contributed by atoms with E-state index in [9.17, 15) is 4.79 Å². The van der Waals surface area contributed by atoms with E-state index < -0.39 is 0 Å². The van der Waals surface area contributed by atoms with Crippen LogP contribution in [-0.4, -0.2) is 46.7 Å². The molecule has 164 valence electrons. The summed E-state index contributed by atoms with van der Waals surface area (Å²) < 4.78 is 0. The minimum absolute atomic E-state index is 0.156. The lowest BCUT2D eigenvalue weighted by molar-refractivity contribution is 0.0950. The van der Waals surface area contributed by atoms with Gasteiger partial charge in [-0.05, 0) is 44.3 Å². The molecule has 1 fully saturated rings. The molecule has 7 heteroatoms. The van der Waals surface area contributed by atoms with Gasteiger partial charge < -0.3 is 15.5 Å². The van der Waals surface area contributed by atoms with E-state index in [-0.39, 0.29) is 5.91 Å². The Bertz CT molecular complexity index is 787. The summed E-state index contributed by atoms with van der Waals surface area (Å²) in [6.45, 7) is 11.1. The van der Waals surface area contributed by atoms with E-state index >= 15 is 0 Å². The fourth-order valence-corrected chi connectivity index (χ4v) is 4.81. The van der Waals surface area contributed by atoms with Crippen molar-refractivity contribution in [1.82, 2.24) is 25.7 Å². The molecule has 6 nitrogen and oxygen atoms in total. The average molecular weight is 430 g/mol. The molecule has 30 heavy (non-hydrogen) atoms. The van der Waals surface area contributed by atoms with Gasteiger partial charge in [-0.15, -0.1) is 10.2 Å². The van der Waals surface area contributed by atoms with Crippen LogP contribution in [0.4, 0.5) is 0 Å². The van der Waals surface area contributed by atoms with Gasteiger partial charge in [0.05, 0.1) is 0 Å². The van der Waals surface area contributed by atoms with Crippen LogP contribution in [0.15, 0.2) is 24.3 Å². The first-order valence-corrected chi connectivity index (χ1v) is 12.0. The number of nitrogens with zero attached hydrogens (tertiary/aromatic N) is 3. The second-order valence-electron chi connectivity index (χ2n) is 8.19. The number of carbonyl (C=O) groups is 1. The van der Waals surface area contributed by atoms with Crippen LogP contribution in [0.25, 0.3) is 0 Å². The van der Waals surface area contributed by atoms with E-state index in [1.54, 1.807) is 0 Å². The number of rotatable bonds is 10. The number of aromatic nitrogens is 2. The Morgan fingerprint density at radius 3 is 2.57 bits per heavy atom. The zero-order valence-electron chi connectivity index (χ0n) is 18.5. The molecule has 1 heterocycles. The van der Waals surface area contributed by atoms with Crippen molar-refractivity contribution >= 4 is 17.2 Å². The number of hydrogen-bond donors (Lipinski definition) is 2. The van der Waals surface area contributed by atoms with Gasteiger partial charge in [-0.25, -0.2) is 0 Å². The van der Waals surface area contributed by atoms with Crippen LogP contribution in [0.2, 0.25) is 0 Å². The number of carbonyl (C=O) groups excluding carboxylic acids is 1. The molecule has 0 spiro atoms. The molecule has 0 bridgehead atoms. The monoisotopic (exact) mass is 429 g/mol. The van der Waals surface area contributed by atoms with Gasteiger partial charge in [0.15, 0.2) is 0 Å². The maximum absolute atomic E-state index is 12.4. The van der Waals surface area contributed by atoms with Crippen molar-refractivity contribution in [2.75, 3.05) is 19.6 Å². The Hall–Kier alpha value is -1.83. The lowest BCUT2D eigenvalue weighted by Crippen LogP contribution is -2.44. The van der Waals surface area contributed by atoms with Crippen molar-refractivity contribution < 1.29 is 4.79 Å². The van der Waals surface area contributed by atoms with Crippen LogP contribution in [0.3, 0.4) is 0 Å². The van der Waals surface area contributed by atoms with Crippen LogP contribution in [-0.2, 0) is 13.1 Å². The molecule has 1 aromatic heterocycles. The van der Waals surface area contributed by atoms with Crippen molar-refractivity contribution in [2.45, 2.75) is 65.6 Å². The highest BCUT2D eigenvalue weighted by molar-refractivity contribution is 7.13. The number of benzene rings is 1. The van der Waals surface area contributed by atoms with E-state index in [1.807, 2.05) is 12.1 Å². The van der Waals surface area contributed by atoms with Crippen LogP contribution in [0.1, 0.15) is 65.5 Å². The summed E-state index contributed by atoms with van der Waals surface area (Å²) in [4.78, 5) is 14.9. The third-order valence-electron chi connectivity index (χ3n) is 6.05. The quantitative estimate of drug-likeness (QED) is 0.602. The molecule has 2 aromatic rings. The zero-order chi connectivity index (χ0) is 21.3. The molecular weight excluding hydrogens is 394 g/mol. The predicted octanol–water partition coefficient (Wildman–Crippen LogP) is 3.77. The summed E-state index contributed by atoms with van der Waals surface area (Å²) in [5.41, 5.74) is 2.29. The summed E-state index contributed by atoms with van der Waals surface area (Å²) >= 11 is 1.38. The Morgan fingerprint density at radius 2 is 1.83 bits per heavy atom. The number of aryl methyl sites for hydroxylation is 1. The highest BCUT2D eigenvalue weighted by Gasteiger charge is 2.26. The van der Waals surface area contributed by atoms with Crippen molar-refractivity contribution in [3.8, 4) is 0 Å². The second-order valence-corrected chi connectivity index (χ2v) is 9.25. The van der Waals surface area contributed by atoms with Gasteiger partial charge in [-0.1, -0.05) is 67.9 Å². The smallest absolute Gasteiger partial charge is 0.282 e. The van der Waals surface area contributed by atoms with Gasteiger partial charge in [0, 0.05) is 25.7 Å². The summed E-state index contributed by atoms with van der Waals surface area (Å²) in [6, 6.07) is 8.68. The highest BCUT2D eigenvalue weighted by atomic mass is 32.1. The molecule has 0 unspecified atom stereocenters. The van der Waals surface area contributed by atoms with Gasteiger partial charge >= 0.3 is 0 Å². The van der Waals surface area contributed by atoms with Crippen LogP contribution in [0.5, 0.6) is 0 Å². The topological polar surface area (TPSA) is 70.1 Å². The molecule has 1 aromatic carbocycles. The molecule has 0 radical (unpaired) electrons. The van der Waals surface area contributed by atoms with Crippen molar-refractivity contribution in [1.29, 1.82) is 0 Å². The van der Waals surface area contributed by atoms with E-state index in [2.05, 4.69) is 58.6 Å². The SMILES string of the molecule is CCN(CC)C[C@H]1CCCC[C@@H]1NCc1nnc(C(=O)NCc2ccc(C)cc2)s1. The Kier molecular flexibility index (Phi) is 8.78. The third kappa shape index (κ3) is 6.59. The van der Waals surface area contributed by atoms with Crippen molar-refractivity contribution in [3.05, 3.63) is 45.4 Å².